The number of fused-ring (bicyclic) bond motifs is 2. The lowest BCUT2D eigenvalue weighted by Crippen LogP contribution is -2.18. The second-order valence-electron chi connectivity index (χ2n) is 13.6. The Balaban J connectivity index is 0.00000237. The number of benzene rings is 3. The highest BCUT2D eigenvalue weighted by molar-refractivity contribution is 6.14. The zero-order chi connectivity index (χ0) is 39.0. The van der Waals surface area contributed by atoms with Crippen LogP contribution in [0.2, 0.25) is 0 Å². The molecule has 0 saturated heterocycles. The number of ketones is 2. The molecule has 0 spiro atoms. The maximum atomic E-state index is 14.2. The first-order chi connectivity index (χ1) is 27.5. The van der Waals surface area contributed by atoms with E-state index in [0.29, 0.717) is 59.6 Å². The van der Waals surface area contributed by atoms with E-state index in [1.54, 1.807) is 0 Å². The molecule has 0 N–H and O–H groups in total. The number of carbonyl (C=O) groups excluding carboxylic acids is 2. The average molecular weight is 732 g/mol. The lowest BCUT2D eigenvalue weighted by Gasteiger charge is -2.22. The predicted octanol–water partition coefficient (Wildman–Crippen LogP) is 12.3. The van der Waals surface area contributed by atoms with Crippen molar-refractivity contribution in [3.05, 3.63) is 190 Å². The van der Waals surface area contributed by atoms with Crippen molar-refractivity contribution in [2.24, 2.45) is 0 Å². The summed E-state index contributed by atoms with van der Waals surface area (Å²) in [6.45, 7) is 7.96. The van der Waals surface area contributed by atoms with Gasteiger partial charge in [0.15, 0.2) is 0 Å². The molecule has 6 aromatic rings. The molecule has 0 radical (unpaired) electrons. The van der Waals surface area contributed by atoms with E-state index in [1.165, 1.54) is 0 Å². The summed E-state index contributed by atoms with van der Waals surface area (Å²) in [5.74, 6) is -0.157. The highest BCUT2D eigenvalue weighted by Crippen LogP contribution is 2.37. The first-order valence-electron chi connectivity index (χ1n) is 19.5. The van der Waals surface area contributed by atoms with Crippen LogP contribution in [-0.2, 0) is 12.8 Å². The molecular weight excluding hydrogens is 687 g/mol. The predicted molar refractivity (Wildman–Crippen MR) is 230 cm³/mol. The Kier molecular flexibility index (Phi) is 11.6. The van der Waals surface area contributed by atoms with E-state index in [9.17, 15) is 9.59 Å². The Hall–Kier alpha value is -6.59. The minimum absolute atomic E-state index is 0.0784. The third-order valence-corrected chi connectivity index (χ3v) is 10.2. The van der Waals surface area contributed by atoms with Crippen LogP contribution < -0.4 is 0 Å². The third kappa shape index (κ3) is 7.80. The number of allylic oxidation sites excluding steroid dienone is 6. The molecule has 0 unspecified atom stereocenters. The number of aromatic nitrogens is 3. The molecule has 0 aliphatic heterocycles. The van der Waals surface area contributed by atoms with E-state index in [1.807, 2.05) is 143 Å². The van der Waals surface area contributed by atoms with Gasteiger partial charge < -0.3 is 0 Å². The molecule has 3 heterocycles. The maximum Gasteiger partial charge on any atom is 0.207 e. The van der Waals surface area contributed by atoms with E-state index in [0.717, 1.165) is 55.9 Å². The van der Waals surface area contributed by atoms with E-state index in [4.69, 9.17) is 15.0 Å². The molecule has 276 valence electrons. The summed E-state index contributed by atoms with van der Waals surface area (Å²) in [5.41, 5.74) is 13.3. The van der Waals surface area contributed by atoms with Gasteiger partial charge in [-0.05, 0) is 115 Å². The number of hydrogen-bond donors (Lipinski definition) is 0. The normalized spacial score (nSPS) is 15.4. The fourth-order valence-electron chi connectivity index (χ4n) is 7.50. The fourth-order valence-corrected chi connectivity index (χ4v) is 7.50. The molecular formula is C51H45N3O2. The number of hydrogen-bond acceptors (Lipinski definition) is 5. The summed E-state index contributed by atoms with van der Waals surface area (Å²) in [6, 6.07) is 40.4. The van der Waals surface area contributed by atoms with Crippen molar-refractivity contribution in [2.75, 3.05) is 0 Å². The van der Waals surface area contributed by atoms with Gasteiger partial charge >= 0.3 is 0 Å². The Morgan fingerprint density at radius 1 is 0.536 bits per heavy atom. The Morgan fingerprint density at radius 3 is 1.52 bits per heavy atom. The van der Waals surface area contributed by atoms with Crippen molar-refractivity contribution in [2.45, 2.75) is 53.4 Å². The maximum absolute atomic E-state index is 14.2. The zero-order valence-electron chi connectivity index (χ0n) is 32.4. The summed E-state index contributed by atoms with van der Waals surface area (Å²) >= 11 is 0. The lowest BCUT2D eigenvalue weighted by atomic mass is 9.84. The highest BCUT2D eigenvalue weighted by atomic mass is 16.1. The molecule has 0 fully saturated rings. The number of rotatable bonds is 7. The van der Waals surface area contributed by atoms with Crippen LogP contribution in [0, 0.1) is 0 Å². The Labute approximate surface area is 330 Å². The molecule has 56 heavy (non-hydrogen) atoms. The minimum atomic E-state index is -0.0784. The molecule has 2 aliphatic rings. The minimum Gasteiger partial charge on any atom is -0.287 e. The smallest absolute Gasteiger partial charge is 0.207 e. The van der Waals surface area contributed by atoms with Crippen LogP contribution in [0.3, 0.4) is 0 Å². The zero-order valence-corrected chi connectivity index (χ0v) is 32.4. The molecule has 5 nitrogen and oxygen atoms in total. The second-order valence-corrected chi connectivity index (χ2v) is 13.6. The van der Waals surface area contributed by atoms with Crippen LogP contribution in [0.1, 0.15) is 89.7 Å². The first kappa shape index (κ1) is 37.7. The summed E-state index contributed by atoms with van der Waals surface area (Å²) in [6.07, 6.45) is 12.3. The van der Waals surface area contributed by atoms with Gasteiger partial charge in [-0.2, -0.15) is 0 Å². The summed E-state index contributed by atoms with van der Waals surface area (Å²) in [7, 11) is 0. The highest BCUT2D eigenvalue weighted by Gasteiger charge is 2.29. The first-order valence-corrected chi connectivity index (χ1v) is 19.5. The van der Waals surface area contributed by atoms with E-state index in [-0.39, 0.29) is 11.6 Å². The van der Waals surface area contributed by atoms with Crippen LogP contribution in [-0.4, -0.2) is 26.5 Å². The standard InChI is InChI=1S/C49H39N3O2.C2H6/c1-3-15-32(4-2)44-30-42(33-16-8-5-9-17-33)40-26-24-36(48(53)46(40)51-44)28-38-22-14-23-39(50-38)29-37-25-27-41-43(34-18-10-6-11-19-34)31-45(52-47(41)49(37)54)35-20-12-7-13-21-35;1-2/h3-23,28-31H,24-27H2,1-2H3;1-2H3/b15-3-,32-4+,36-28+,37-29+;. The van der Waals surface area contributed by atoms with Gasteiger partial charge in [-0.1, -0.05) is 129 Å². The second kappa shape index (κ2) is 17.3. The average Bonchev–Trinajstić information content (AvgIpc) is 3.26. The van der Waals surface area contributed by atoms with E-state index >= 15 is 0 Å². The lowest BCUT2D eigenvalue weighted by molar-refractivity contribution is 0.101. The summed E-state index contributed by atoms with van der Waals surface area (Å²) in [5, 5.41) is 0. The third-order valence-electron chi connectivity index (χ3n) is 10.2. The molecule has 3 aromatic heterocycles. The fraction of sp³-hybridized carbons (Fsp3) is 0.157. The van der Waals surface area contributed by atoms with Crippen molar-refractivity contribution >= 4 is 29.3 Å². The molecule has 5 heteroatoms. The van der Waals surface area contributed by atoms with Crippen molar-refractivity contribution in [3.8, 4) is 33.5 Å². The topological polar surface area (TPSA) is 72.8 Å². The van der Waals surface area contributed by atoms with E-state index in [2.05, 4.69) is 36.4 Å². The van der Waals surface area contributed by atoms with Crippen LogP contribution in [0.15, 0.2) is 151 Å². The molecule has 3 aromatic carbocycles. The quantitative estimate of drug-likeness (QED) is 0.121. The van der Waals surface area contributed by atoms with Crippen molar-refractivity contribution < 1.29 is 9.59 Å². The molecule has 0 atom stereocenters. The number of pyridine rings is 3. The SMILES string of the molecule is C/C=C\C(=C/C)c1cc(-c2ccccc2)c2c(n1)C(=O)/C(=C/c1cccc(/C=C3\CCc4c(-c5ccccc5)cc(-c5ccccc5)nc4C3=O)n1)CC2.CC. The molecule has 2 aliphatic carbocycles. The van der Waals surface area contributed by atoms with Gasteiger partial charge in [0.25, 0.3) is 0 Å². The van der Waals surface area contributed by atoms with Gasteiger partial charge in [0.2, 0.25) is 11.6 Å². The number of carbonyl (C=O) groups is 2. The van der Waals surface area contributed by atoms with Crippen molar-refractivity contribution in [1.82, 2.24) is 15.0 Å². The summed E-state index contributed by atoms with van der Waals surface area (Å²) < 4.78 is 0. The van der Waals surface area contributed by atoms with Crippen molar-refractivity contribution in [3.63, 3.8) is 0 Å². The monoisotopic (exact) mass is 731 g/mol. The van der Waals surface area contributed by atoms with Gasteiger partial charge in [-0.25, -0.2) is 15.0 Å². The van der Waals surface area contributed by atoms with Crippen LogP contribution in [0.25, 0.3) is 51.2 Å². The van der Waals surface area contributed by atoms with Crippen LogP contribution in [0.5, 0.6) is 0 Å². The number of nitrogens with zero attached hydrogens (tertiary/aromatic N) is 3. The van der Waals surface area contributed by atoms with Gasteiger partial charge in [-0.3, -0.25) is 9.59 Å². The molecule has 0 saturated carbocycles. The molecule has 0 bridgehead atoms. The largest absolute Gasteiger partial charge is 0.287 e. The summed E-state index contributed by atoms with van der Waals surface area (Å²) in [4.78, 5) is 43.2. The van der Waals surface area contributed by atoms with Gasteiger partial charge in [-0.15, -0.1) is 0 Å². The van der Waals surface area contributed by atoms with Crippen LogP contribution in [0.4, 0.5) is 0 Å². The Bertz CT molecular complexity index is 2530. The van der Waals surface area contributed by atoms with Gasteiger partial charge in [0, 0.05) is 16.7 Å². The van der Waals surface area contributed by atoms with Gasteiger partial charge in [0.05, 0.1) is 22.8 Å². The van der Waals surface area contributed by atoms with Gasteiger partial charge in [0.1, 0.15) is 11.4 Å². The molecule has 8 rings (SSSR count). The number of Topliss-reactive ketones (excluding diaryl/α,β-unsaturated/α-hetero) is 2. The van der Waals surface area contributed by atoms with E-state index < -0.39 is 0 Å². The van der Waals surface area contributed by atoms with Crippen LogP contribution >= 0.6 is 0 Å². The molecule has 0 amide bonds. The Morgan fingerprint density at radius 2 is 1.02 bits per heavy atom. The van der Waals surface area contributed by atoms with Crippen molar-refractivity contribution in [1.29, 1.82) is 0 Å².